The van der Waals surface area contributed by atoms with E-state index in [1.54, 1.807) is 0 Å². The van der Waals surface area contributed by atoms with Crippen molar-refractivity contribution in [3.63, 3.8) is 0 Å². The fourth-order valence-corrected chi connectivity index (χ4v) is 4.73. The molecule has 3 aromatic rings. The average molecular weight is 413 g/mol. The van der Waals surface area contributed by atoms with E-state index in [1.807, 2.05) is 25.1 Å². The number of hydrogen-bond donors (Lipinski definition) is 2. The fourth-order valence-electron chi connectivity index (χ4n) is 4.46. The summed E-state index contributed by atoms with van der Waals surface area (Å²) in [7, 11) is 0. The molecule has 152 valence electrons. The summed E-state index contributed by atoms with van der Waals surface area (Å²) in [5, 5.41) is 14.3. The Morgan fingerprint density at radius 2 is 2.03 bits per heavy atom. The van der Waals surface area contributed by atoms with Gasteiger partial charge in [0, 0.05) is 29.2 Å². The molecule has 0 unspecified atom stereocenters. The highest BCUT2D eigenvalue weighted by atomic mass is 35.5. The van der Waals surface area contributed by atoms with Gasteiger partial charge in [0.25, 0.3) is 6.01 Å². The predicted octanol–water partition coefficient (Wildman–Crippen LogP) is 4.99. The van der Waals surface area contributed by atoms with Crippen molar-refractivity contribution in [2.45, 2.75) is 51.1 Å². The number of nitrogens with one attached hydrogen (secondary N) is 1. The minimum Gasteiger partial charge on any atom is -0.507 e. The summed E-state index contributed by atoms with van der Waals surface area (Å²) >= 11 is 6.02. The molecule has 6 nitrogen and oxygen atoms in total. The van der Waals surface area contributed by atoms with Crippen molar-refractivity contribution in [3.8, 4) is 17.0 Å². The van der Waals surface area contributed by atoms with Crippen molar-refractivity contribution in [2.75, 3.05) is 18.4 Å². The topological polar surface area (TPSA) is 74.4 Å². The first-order valence-corrected chi connectivity index (χ1v) is 10.7. The Kier molecular flexibility index (Phi) is 4.84. The lowest BCUT2D eigenvalue weighted by atomic mass is 9.89. The Bertz CT molecular complexity index is 1020. The summed E-state index contributed by atoms with van der Waals surface area (Å²) in [4.78, 5) is 11.8. The van der Waals surface area contributed by atoms with Crippen LogP contribution in [0.5, 0.6) is 5.75 Å². The molecule has 1 saturated carbocycles. The van der Waals surface area contributed by atoms with Gasteiger partial charge in [-0.15, -0.1) is 0 Å². The molecule has 5 rings (SSSR count). The maximum absolute atomic E-state index is 10.3. The predicted molar refractivity (Wildman–Crippen MR) is 115 cm³/mol. The summed E-state index contributed by atoms with van der Waals surface area (Å²) < 4.78 is 5.89. The van der Waals surface area contributed by atoms with Crippen LogP contribution >= 0.6 is 11.6 Å². The Balaban J connectivity index is 1.37. The number of aromatic nitrogens is 2. The van der Waals surface area contributed by atoms with Crippen molar-refractivity contribution in [1.82, 2.24) is 14.9 Å². The maximum atomic E-state index is 10.3. The Morgan fingerprint density at radius 3 is 2.79 bits per heavy atom. The van der Waals surface area contributed by atoms with Crippen molar-refractivity contribution >= 4 is 28.8 Å². The summed E-state index contributed by atoms with van der Waals surface area (Å²) in [6, 6.07) is 8.67. The number of phenolic OH excluding ortho intramolecular Hbond substituents is 1. The van der Waals surface area contributed by atoms with Gasteiger partial charge in [0.2, 0.25) is 5.65 Å². The van der Waals surface area contributed by atoms with Crippen LogP contribution in [0.2, 0.25) is 5.02 Å². The molecule has 0 radical (unpaired) electrons. The van der Waals surface area contributed by atoms with E-state index < -0.39 is 0 Å². The SMILES string of the molecule is Cc1cc(Cl)cc(O)c1-c1ccc2oc(N[C@@H]3CCCN(C4CCC4)C3)nc2n1. The summed E-state index contributed by atoms with van der Waals surface area (Å²) in [6.45, 7) is 4.14. The van der Waals surface area contributed by atoms with E-state index >= 15 is 0 Å². The van der Waals surface area contributed by atoms with Gasteiger partial charge in [0.1, 0.15) is 5.75 Å². The summed E-state index contributed by atoms with van der Waals surface area (Å²) in [5.41, 5.74) is 3.34. The molecular formula is C22H25ClN4O2. The second-order valence-electron chi connectivity index (χ2n) is 8.22. The van der Waals surface area contributed by atoms with E-state index in [0.717, 1.165) is 24.6 Å². The van der Waals surface area contributed by atoms with Crippen LogP contribution in [-0.2, 0) is 0 Å². The lowest BCUT2D eigenvalue weighted by Crippen LogP contribution is -2.49. The number of phenols is 1. The zero-order chi connectivity index (χ0) is 20.0. The maximum Gasteiger partial charge on any atom is 0.297 e. The Labute approximate surface area is 174 Å². The number of nitrogens with zero attached hydrogens (tertiary/aromatic N) is 3. The number of aryl methyl sites for hydroxylation is 1. The van der Waals surface area contributed by atoms with Crippen LogP contribution in [0, 0.1) is 6.92 Å². The summed E-state index contributed by atoms with van der Waals surface area (Å²) in [6.07, 6.45) is 6.35. The molecule has 1 saturated heterocycles. The number of anilines is 1. The van der Waals surface area contributed by atoms with Crippen molar-refractivity contribution < 1.29 is 9.52 Å². The number of aromatic hydroxyl groups is 1. The molecular weight excluding hydrogens is 388 g/mol. The monoisotopic (exact) mass is 412 g/mol. The molecule has 1 aliphatic heterocycles. The number of benzene rings is 1. The standard InChI is InChI=1S/C22H25ClN4O2/c1-13-10-14(23)11-18(28)20(13)17-7-8-19-21(25-17)26-22(29-19)24-15-4-3-9-27(12-15)16-5-2-6-16/h7-8,10-11,15-16,28H,2-6,9,12H2,1H3,(H,24,25,26)/t15-/m1/s1. The zero-order valence-corrected chi connectivity index (χ0v) is 17.2. The van der Waals surface area contributed by atoms with Crippen LogP contribution in [0.1, 0.15) is 37.7 Å². The highest BCUT2D eigenvalue weighted by molar-refractivity contribution is 6.31. The minimum absolute atomic E-state index is 0.113. The van der Waals surface area contributed by atoms with E-state index in [1.165, 1.54) is 38.3 Å². The number of rotatable bonds is 4. The molecule has 2 aromatic heterocycles. The van der Waals surface area contributed by atoms with Gasteiger partial charge in [-0.3, -0.25) is 4.90 Å². The first-order chi connectivity index (χ1) is 14.1. The largest absolute Gasteiger partial charge is 0.507 e. The molecule has 2 fully saturated rings. The first kappa shape index (κ1) is 18.7. The van der Waals surface area contributed by atoms with Crippen molar-refractivity contribution in [2.24, 2.45) is 0 Å². The number of likely N-dealkylation sites (tertiary alicyclic amines) is 1. The molecule has 1 aromatic carbocycles. The fraction of sp³-hybridized carbons (Fsp3) is 0.455. The molecule has 1 aliphatic carbocycles. The third kappa shape index (κ3) is 3.67. The van der Waals surface area contributed by atoms with Crippen LogP contribution < -0.4 is 5.32 Å². The number of oxazole rings is 1. The van der Waals surface area contributed by atoms with Crippen molar-refractivity contribution in [3.05, 3.63) is 34.9 Å². The van der Waals surface area contributed by atoms with Gasteiger partial charge in [0.05, 0.1) is 5.69 Å². The molecule has 3 heterocycles. The second kappa shape index (κ2) is 7.50. The Hall–Kier alpha value is -2.31. The van der Waals surface area contributed by atoms with E-state index in [9.17, 15) is 5.11 Å². The smallest absolute Gasteiger partial charge is 0.297 e. The third-order valence-corrected chi connectivity index (χ3v) is 6.38. The number of fused-ring (bicyclic) bond motifs is 1. The molecule has 7 heteroatoms. The first-order valence-electron chi connectivity index (χ1n) is 10.3. The quantitative estimate of drug-likeness (QED) is 0.629. The highest BCUT2D eigenvalue weighted by Crippen LogP contribution is 2.35. The van der Waals surface area contributed by atoms with Crippen molar-refractivity contribution in [1.29, 1.82) is 0 Å². The number of pyridine rings is 1. The number of hydrogen-bond acceptors (Lipinski definition) is 6. The number of piperidine rings is 1. The van der Waals surface area contributed by atoms with Gasteiger partial charge < -0.3 is 14.8 Å². The summed E-state index contributed by atoms with van der Waals surface area (Å²) in [5.74, 6) is 0.113. The average Bonchev–Trinajstić information content (AvgIpc) is 3.01. The van der Waals surface area contributed by atoms with Gasteiger partial charge in [-0.2, -0.15) is 4.98 Å². The van der Waals surface area contributed by atoms with Crippen LogP contribution in [0.3, 0.4) is 0 Å². The van der Waals surface area contributed by atoms with Crippen LogP contribution in [-0.4, -0.2) is 45.1 Å². The van der Waals surface area contributed by atoms with E-state index in [2.05, 4.69) is 20.2 Å². The molecule has 29 heavy (non-hydrogen) atoms. The molecule has 2 aliphatic rings. The molecule has 0 bridgehead atoms. The lowest BCUT2D eigenvalue weighted by molar-refractivity contribution is 0.0986. The van der Waals surface area contributed by atoms with Crippen LogP contribution in [0.4, 0.5) is 6.01 Å². The van der Waals surface area contributed by atoms with E-state index in [0.29, 0.717) is 39.6 Å². The highest BCUT2D eigenvalue weighted by Gasteiger charge is 2.30. The van der Waals surface area contributed by atoms with Gasteiger partial charge in [0.15, 0.2) is 5.58 Å². The minimum atomic E-state index is 0.113. The van der Waals surface area contributed by atoms with E-state index in [4.69, 9.17) is 16.0 Å². The van der Waals surface area contributed by atoms with Gasteiger partial charge >= 0.3 is 0 Å². The second-order valence-corrected chi connectivity index (χ2v) is 8.65. The number of halogens is 1. The van der Waals surface area contributed by atoms with Crippen LogP contribution in [0.25, 0.3) is 22.5 Å². The zero-order valence-electron chi connectivity index (χ0n) is 16.5. The lowest BCUT2D eigenvalue weighted by Gasteiger charge is -2.42. The third-order valence-electron chi connectivity index (χ3n) is 6.16. The molecule has 1 atom stereocenters. The van der Waals surface area contributed by atoms with E-state index in [-0.39, 0.29) is 5.75 Å². The molecule has 2 N–H and O–H groups in total. The molecule has 0 spiro atoms. The molecule has 0 amide bonds. The van der Waals surface area contributed by atoms with Gasteiger partial charge in [-0.25, -0.2) is 4.98 Å². The Morgan fingerprint density at radius 1 is 1.17 bits per heavy atom. The van der Waals surface area contributed by atoms with Crippen LogP contribution in [0.15, 0.2) is 28.7 Å². The van der Waals surface area contributed by atoms with Gasteiger partial charge in [-0.05, 0) is 69.0 Å². The normalized spacial score (nSPS) is 20.7. The van der Waals surface area contributed by atoms with Gasteiger partial charge in [-0.1, -0.05) is 18.0 Å².